The lowest BCUT2D eigenvalue weighted by Gasteiger charge is -2.37. The van der Waals surface area contributed by atoms with Crippen LogP contribution in [0.3, 0.4) is 0 Å². The zero-order chi connectivity index (χ0) is 11.8. The molecule has 1 fully saturated rings. The van der Waals surface area contributed by atoms with Gasteiger partial charge in [-0.05, 0) is 24.2 Å². The van der Waals surface area contributed by atoms with Gasteiger partial charge in [0.25, 0.3) is 5.91 Å². The first-order valence-electron chi connectivity index (χ1n) is 5.01. The number of amides is 1. The number of hydrogen-bond donors (Lipinski definition) is 1. The van der Waals surface area contributed by atoms with Crippen LogP contribution in [0.4, 0.5) is 5.82 Å². The lowest BCUT2D eigenvalue weighted by Crippen LogP contribution is -2.46. The topological polar surface area (TPSA) is 85.2 Å². The molecule has 2 heterocycles. The molecule has 1 aromatic rings. The van der Waals surface area contributed by atoms with E-state index >= 15 is 0 Å². The number of carbonyl (C=O) groups excluding carboxylic acids is 1. The van der Waals surface area contributed by atoms with Crippen LogP contribution in [0.5, 0.6) is 0 Å². The molecule has 16 heavy (non-hydrogen) atoms. The second kappa shape index (κ2) is 3.97. The number of nitrogens with two attached hydrogens (primary N) is 1. The van der Waals surface area contributed by atoms with E-state index in [4.69, 9.17) is 5.73 Å². The molecule has 0 unspecified atom stereocenters. The molecule has 1 saturated heterocycles. The van der Waals surface area contributed by atoms with E-state index in [0.29, 0.717) is 13.1 Å². The van der Waals surface area contributed by atoms with Crippen molar-refractivity contribution in [3.8, 4) is 0 Å². The summed E-state index contributed by atoms with van der Waals surface area (Å²) in [6.07, 6.45) is 0. The number of thioether (sulfide) groups is 1. The molecule has 1 aromatic heterocycles. The van der Waals surface area contributed by atoms with Gasteiger partial charge in [0, 0.05) is 23.6 Å². The molecule has 0 spiro atoms. The molecule has 2 N–H and O–H groups in total. The predicted molar refractivity (Wildman–Crippen MR) is 61.2 cm³/mol. The summed E-state index contributed by atoms with van der Waals surface area (Å²) >= 11 is 1.86. The molecule has 0 aliphatic carbocycles. The molecule has 1 amide bonds. The van der Waals surface area contributed by atoms with Gasteiger partial charge in [0.2, 0.25) is 11.5 Å². The van der Waals surface area contributed by atoms with Crippen LogP contribution in [0.1, 0.15) is 24.3 Å². The van der Waals surface area contributed by atoms with Crippen LogP contribution < -0.4 is 5.73 Å². The maximum Gasteiger partial charge on any atom is 0.280 e. The first-order chi connectivity index (χ1) is 7.49. The fraction of sp³-hybridized carbons (Fsp3) is 0.667. The molecule has 0 atom stereocenters. The summed E-state index contributed by atoms with van der Waals surface area (Å²) in [5.41, 5.74) is 5.61. The summed E-state index contributed by atoms with van der Waals surface area (Å²) in [5.74, 6) is 0.775. The second-order valence-electron chi connectivity index (χ2n) is 4.33. The van der Waals surface area contributed by atoms with Crippen LogP contribution in [-0.4, -0.2) is 44.7 Å². The number of nitrogen functional groups attached to an aromatic ring is 1. The molecule has 0 radical (unpaired) electrons. The van der Waals surface area contributed by atoms with Gasteiger partial charge in [-0.25, -0.2) is 4.63 Å². The largest absolute Gasteiger partial charge is 0.379 e. The Morgan fingerprint density at radius 3 is 2.88 bits per heavy atom. The van der Waals surface area contributed by atoms with Gasteiger partial charge >= 0.3 is 0 Å². The number of anilines is 1. The van der Waals surface area contributed by atoms with Gasteiger partial charge in [0.15, 0.2) is 0 Å². The number of hydrogen-bond acceptors (Lipinski definition) is 6. The highest BCUT2D eigenvalue weighted by Gasteiger charge is 2.32. The lowest BCUT2D eigenvalue weighted by atomic mass is 10.1. The van der Waals surface area contributed by atoms with Crippen LogP contribution >= 0.6 is 11.8 Å². The Kier molecular flexibility index (Phi) is 2.79. The highest BCUT2D eigenvalue weighted by Crippen LogP contribution is 2.30. The highest BCUT2D eigenvalue weighted by molar-refractivity contribution is 8.00. The summed E-state index contributed by atoms with van der Waals surface area (Å²) in [5, 5.41) is 6.94. The monoisotopic (exact) mass is 242 g/mol. The molecular formula is C9H14N4O2S. The number of rotatable bonds is 1. The molecule has 0 saturated carbocycles. The van der Waals surface area contributed by atoms with E-state index in [1.165, 1.54) is 0 Å². The van der Waals surface area contributed by atoms with Gasteiger partial charge in [-0.2, -0.15) is 11.8 Å². The molecule has 1 aliphatic rings. The minimum absolute atomic E-state index is 0.0565. The van der Waals surface area contributed by atoms with Crippen molar-refractivity contribution < 1.29 is 9.42 Å². The van der Waals surface area contributed by atoms with E-state index in [1.807, 2.05) is 11.8 Å². The maximum absolute atomic E-state index is 12.0. The van der Waals surface area contributed by atoms with Gasteiger partial charge in [-0.3, -0.25) is 4.79 Å². The van der Waals surface area contributed by atoms with Crippen LogP contribution in [0.2, 0.25) is 0 Å². The van der Waals surface area contributed by atoms with Crippen LogP contribution in [0.25, 0.3) is 0 Å². The summed E-state index contributed by atoms with van der Waals surface area (Å²) in [6.45, 7) is 5.62. The number of aromatic nitrogens is 2. The minimum Gasteiger partial charge on any atom is -0.379 e. The van der Waals surface area contributed by atoms with Gasteiger partial charge in [-0.1, -0.05) is 0 Å². The highest BCUT2D eigenvalue weighted by atomic mass is 32.2. The predicted octanol–water partition coefficient (Wildman–Crippen LogP) is 0.619. The second-order valence-corrected chi connectivity index (χ2v) is 6.14. The fourth-order valence-corrected chi connectivity index (χ4v) is 2.79. The molecule has 88 valence electrons. The average molecular weight is 242 g/mol. The summed E-state index contributed by atoms with van der Waals surface area (Å²) in [4.78, 5) is 13.8. The quantitative estimate of drug-likeness (QED) is 0.777. The average Bonchev–Trinajstić information content (AvgIpc) is 2.62. The minimum atomic E-state index is -0.202. The Hall–Kier alpha value is -1.24. The SMILES string of the molecule is CC1(C)CN(C(=O)c2nonc2N)CCS1. The third-order valence-electron chi connectivity index (χ3n) is 2.43. The van der Waals surface area contributed by atoms with Crippen molar-refractivity contribution in [1.29, 1.82) is 0 Å². The van der Waals surface area contributed by atoms with Crippen LogP contribution in [0.15, 0.2) is 4.63 Å². The normalized spacial score (nSPS) is 19.8. The summed E-state index contributed by atoms with van der Waals surface area (Å²) in [6, 6.07) is 0. The molecular weight excluding hydrogens is 228 g/mol. The smallest absolute Gasteiger partial charge is 0.280 e. The Bertz CT molecular complexity index is 404. The third-order valence-corrected chi connectivity index (χ3v) is 3.73. The van der Waals surface area contributed by atoms with Gasteiger partial charge in [0.05, 0.1) is 0 Å². The zero-order valence-electron chi connectivity index (χ0n) is 9.27. The van der Waals surface area contributed by atoms with Crippen molar-refractivity contribution in [3.05, 3.63) is 5.69 Å². The molecule has 0 aromatic carbocycles. The Morgan fingerprint density at radius 2 is 2.31 bits per heavy atom. The van der Waals surface area contributed by atoms with Crippen molar-refractivity contribution in [2.24, 2.45) is 0 Å². The number of carbonyl (C=O) groups is 1. The Labute approximate surface area is 97.5 Å². The van der Waals surface area contributed by atoms with E-state index in [1.54, 1.807) is 4.90 Å². The molecule has 7 heteroatoms. The van der Waals surface area contributed by atoms with E-state index in [2.05, 4.69) is 28.8 Å². The van der Waals surface area contributed by atoms with Crippen molar-refractivity contribution in [1.82, 2.24) is 15.2 Å². The molecule has 2 rings (SSSR count). The lowest BCUT2D eigenvalue weighted by molar-refractivity contribution is 0.0737. The Balaban J connectivity index is 2.14. The first kappa shape index (κ1) is 11.3. The van der Waals surface area contributed by atoms with Gasteiger partial charge in [-0.15, -0.1) is 0 Å². The van der Waals surface area contributed by atoms with E-state index in [9.17, 15) is 4.79 Å². The standard InChI is InChI=1S/C9H14N4O2S/c1-9(2)5-13(3-4-16-9)8(14)6-7(10)12-15-11-6/h3-5H2,1-2H3,(H2,10,12). The van der Waals surface area contributed by atoms with Gasteiger partial charge < -0.3 is 10.6 Å². The van der Waals surface area contributed by atoms with Crippen molar-refractivity contribution in [3.63, 3.8) is 0 Å². The van der Waals surface area contributed by atoms with E-state index in [0.717, 1.165) is 5.75 Å². The Morgan fingerprint density at radius 1 is 1.56 bits per heavy atom. The molecule has 0 bridgehead atoms. The van der Waals surface area contributed by atoms with Crippen LogP contribution in [0, 0.1) is 0 Å². The summed E-state index contributed by atoms with van der Waals surface area (Å²) < 4.78 is 4.50. The number of nitrogens with zero attached hydrogens (tertiary/aromatic N) is 3. The zero-order valence-corrected chi connectivity index (χ0v) is 10.1. The van der Waals surface area contributed by atoms with Crippen LogP contribution in [-0.2, 0) is 0 Å². The maximum atomic E-state index is 12.0. The molecule has 6 nitrogen and oxygen atoms in total. The van der Waals surface area contributed by atoms with E-state index < -0.39 is 0 Å². The van der Waals surface area contributed by atoms with Crippen molar-refractivity contribution in [2.45, 2.75) is 18.6 Å². The first-order valence-corrected chi connectivity index (χ1v) is 5.99. The van der Waals surface area contributed by atoms with Gasteiger partial charge in [0.1, 0.15) is 0 Å². The fourth-order valence-electron chi connectivity index (χ4n) is 1.68. The van der Waals surface area contributed by atoms with Crippen molar-refractivity contribution in [2.75, 3.05) is 24.6 Å². The summed E-state index contributed by atoms with van der Waals surface area (Å²) in [7, 11) is 0. The third kappa shape index (κ3) is 2.13. The molecule has 1 aliphatic heterocycles. The van der Waals surface area contributed by atoms with E-state index in [-0.39, 0.29) is 22.2 Å². The van der Waals surface area contributed by atoms with Crippen molar-refractivity contribution >= 4 is 23.5 Å².